The summed E-state index contributed by atoms with van der Waals surface area (Å²) in [5, 5.41) is 1.71. The number of carbonyl (C=O) groups excluding carboxylic acids is 1. The second-order valence-electron chi connectivity index (χ2n) is 5.01. The minimum absolute atomic E-state index is 0.0907. The van der Waals surface area contributed by atoms with Gasteiger partial charge in [-0.1, -0.05) is 30.3 Å². The van der Waals surface area contributed by atoms with Gasteiger partial charge in [-0.3, -0.25) is 4.79 Å². The zero-order valence-corrected chi connectivity index (χ0v) is 13.4. The smallest absolute Gasteiger partial charge is 0.240 e. The Morgan fingerprint density at radius 3 is 2.67 bits per heavy atom. The molecule has 0 aliphatic rings. The molecule has 1 unspecified atom stereocenters. The normalized spacial score (nSPS) is 12.2. The van der Waals surface area contributed by atoms with E-state index in [1.54, 1.807) is 18.9 Å². The summed E-state index contributed by atoms with van der Waals surface area (Å²) in [6, 6.07) is 12.1. The molecule has 2 aromatic rings. The van der Waals surface area contributed by atoms with Gasteiger partial charge in [-0.2, -0.15) is 0 Å². The Hall–Kier alpha value is -1.74. The minimum atomic E-state index is -0.527. The summed E-state index contributed by atoms with van der Waals surface area (Å²) >= 11 is 5.89. The standard InChI is InChI=1S/C17H20ClNO2/c1-4-21-16-10-9-13-7-5-6-8-14(13)15(16)11-19(3)17(20)12(2)18/h5-10,12H,4,11H2,1-3H3. The van der Waals surface area contributed by atoms with Crippen LogP contribution in [0.5, 0.6) is 5.75 Å². The van der Waals surface area contributed by atoms with Crippen molar-refractivity contribution >= 4 is 28.3 Å². The highest BCUT2D eigenvalue weighted by atomic mass is 35.5. The van der Waals surface area contributed by atoms with Crippen LogP contribution in [0.2, 0.25) is 0 Å². The van der Waals surface area contributed by atoms with Crippen molar-refractivity contribution in [3.05, 3.63) is 42.0 Å². The van der Waals surface area contributed by atoms with Crippen molar-refractivity contribution in [3.63, 3.8) is 0 Å². The van der Waals surface area contributed by atoms with E-state index in [2.05, 4.69) is 12.1 Å². The molecule has 0 N–H and O–H groups in total. The highest BCUT2D eigenvalue weighted by molar-refractivity contribution is 6.30. The number of alkyl halides is 1. The summed E-state index contributed by atoms with van der Waals surface area (Å²) in [5.41, 5.74) is 1.02. The quantitative estimate of drug-likeness (QED) is 0.786. The third-order valence-electron chi connectivity index (χ3n) is 3.41. The van der Waals surface area contributed by atoms with Crippen molar-refractivity contribution in [2.24, 2.45) is 0 Å². The lowest BCUT2D eigenvalue weighted by atomic mass is 10.0. The van der Waals surface area contributed by atoms with Crippen molar-refractivity contribution in [2.75, 3.05) is 13.7 Å². The van der Waals surface area contributed by atoms with Gasteiger partial charge in [-0.25, -0.2) is 0 Å². The number of nitrogens with zero attached hydrogens (tertiary/aromatic N) is 1. The van der Waals surface area contributed by atoms with E-state index in [1.807, 2.05) is 31.2 Å². The van der Waals surface area contributed by atoms with Crippen LogP contribution in [0, 0.1) is 0 Å². The number of hydrogen-bond donors (Lipinski definition) is 0. The second kappa shape index (κ2) is 6.81. The van der Waals surface area contributed by atoms with Crippen LogP contribution < -0.4 is 4.74 Å². The Morgan fingerprint density at radius 1 is 1.29 bits per heavy atom. The lowest BCUT2D eigenvalue weighted by Gasteiger charge is -2.21. The predicted molar refractivity (Wildman–Crippen MR) is 86.9 cm³/mol. The van der Waals surface area contributed by atoms with Crippen molar-refractivity contribution in [1.29, 1.82) is 0 Å². The molecule has 0 bridgehead atoms. The molecule has 3 nitrogen and oxygen atoms in total. The molecule has 0 aliphatic carbocycles. The Bertz CT molecular complexity index is 640. The molecule has 4 heteroatoms. The highest BCUT2D eigenvalue weighted by Gasteiger charge is 2.18. The van der Waals surface area contributed by atoms with Gasteiger partial charge in [-0.15, -0.1) is 11.6 Å². The number of fused-ring (bicyclic) bond motifs is 1. The molecule has 1 amide bonds. The number of halogens is 1. The van der Waals surface area contributed by atoms with Gasteiger partial charge in [0.15, 0.2) is 0 Å². The van der Waals surface area contributed by atoms with Gasteiger partial charge in [0.25, 0.3) is 0 Å². The van der Waals surface area contributed by atoms with Gasteiger partial charge in [0, 0.05) is 19.2 Å². The van der Waals surface area contributed by atoms with Crippen molar-refractivity contribution in [2.45, 2.75) is 25.8 Å². The first kappa shape index (κ1) is 15.6. The summed E-state index contributed by atoms with van der Waals surface area (Å²) in [5.74, 6) is 0.727. The molecule has 0 aliphatic heterocycles. The van der Waals surface area contributed by atoms with Crippen molar-refractivity contribution in [3.8, 4) is 5.75 Å². The molecule has 0 aromatic heterocycles. The fraction of sp³-hybridized carbons (Fsp3) is 0.353. The van der Waals surface area contributed by atoms with Gasteiger partial charge in [0.2, 0.25) is 5.91 Å². The van der Waals surface area contributed by atoms with Crippen LogP contribution >= 0.6 is 11.6 Å². The first-order chi connectivity index (χ1) is 10.0. The molecule has 0 spiro atoms. The van der Waals surface area contributed by atoms with E-state index in [9.17, 15) is 4.79 Å². The highest BCUT2D eigenvalue weighted by Crippen LogP contribution is 2.29. The van der Waals surface area contributed by atoms with Crippen LogP contribution in [0.1, 0.15) is 19.4 Å². The monoisotopic (exact) mass is 305 g/mol. The number of ether oxygens (including phenoxy) is 1. The maximum Gasteiger partial charge on any atom is 0.240 e. The molecule has 0 saturated heterocycles. The molecule has 21 heavy (non-hydrogen) atoms. The average molecular weight is 306 g/mol. The van der Waals surface area contributed by atoms with Crippen LogP contribution in [0.3, 0.4) is 0 Å². The third-order valence-corrected chi connectivity index (χ3v) is 3.60. The minimum Gasteiger partial charge on any atom is -0.494 e. The van der Waals surface area contributed by atoms with Crippen molar-refractivity contribution < 1.29 is 9.53 Å². The predicted octanol–water partition coefficient (Wildman–Crippen LogP) is 3.82. The Labute approximate surface area is 130 Å². The summed E-state index contributed by atoms with van der Waals surface area (Å²) in [7, 11) is 1.76. The molecule has 0 saturated carbocycles. The van der Waals surface area contributed by atoms with Gasteiger partial charge in [0.1, 0.15) is 11.1 Å². The van der Waals surface area contributed by atoms with E-state index in [0.29, 0.717) is 13.2 Å². The Balaban J connectivity index is 2.44. The first-order valence-corrected chi connectivity index (χ1v) is 7.50. The van der Waals surface area contributed by atoms with E-state index >= 15 is 0 Å². The summed E-state index contributed by atoms with van der Waals surface area (Å²) in [6.45, 7) is 4.71. The third kappa shape index (κ3) is 3.48. The van der Waals surface area contributed by atoms with Crippen molar-refractivity contribution in [1.82, 2.24) is 4.90 Å². The number of carbonyl (C=O) groups is 1. The summed E-state index contributed by atoms with van der Waals surface area (Å²) < 4.78 is 5.72. The Kier molecular flexibility index (Phi) is 5.07. The van der Waals surface area contributed by atoms with Crippen LogP contribution in [0.15, 0.2) is 36.4 Å². The second-order valence-corrected chi connectivity index (χ2v) is 5.66. The molecular weight excluding hydrogens is 286 g/mol. The number of amides is 1. The fourth-order valence-electron chi connectivity index (χ4n) is 2.39. The van der Waals surface area contributed by atoms with E-state index in [1.165, 1.54) is 0 Å². The van der Waals surface area contributed by atoms with Crippen LogP contribution in [0.4, 0.5) is 0 Å². The van der Waals surface area contributed by atoms with E-state index < -0.39 is 5.38 Å². The van der Waals surface area contributed by atoms with Crippen LogP contribution in [-0.2, 0) is 11.3 Å². The van der Waals surface area contributed by atoms with Gasteiger partial charge in [0.05, 0.1) is 6.61 Å². The number of hydrogen-bond acceptors (Lipinski definition) is 2. The molecule has 2 rings (SSSR count). The molecule has 1 atom stereocenters. The maximum absolute atomic E-state index is 12.0. The lowest BCUT2D eigenvalue weighted by Crippen LogP contribution is -2.31. The molecule has 0 heterocycles. The van der Waals surface area contributed by atoms with E-state index in [0.717, 1.165) is 22.1 Å². The van der Waals surface area contributed by atoms with Gasteiger partial charge >= 0.3 is 0 Å². The van der Waals surface area contributed by atoms with E-state index in [4.69, 9.17) is 16.3 Å². The molecule has 2 aromatic carbocycles. The van der Waals surface area contributed by atoms with Crippen LogP contribution in [-0.4, -0.2) is 29.8 Å². The SMILES string of the molecule is CCOc1ccc2ccccc2c1CN(C)C(=O)C(C)Cl. The molecule has 112 valence electrons. The van der Waals surface area contributed by atoms with Crippen LogP contribution in [0.25, 0.3) is 10.8 Å². The maximum atomic E-state index is 12.0. The largest absolute Gasteiger partial charge is 0.494 e. The summed E-state index contributed by atoms with van der Waals surface area (Å²) in [6.07, 6.45) is 0. The summed E-state index contributed by atoms with van der Waals surface area (Å²) in [4.78, 5) is 13.6. The molecule has 0 fully saturated rings. The van der Waals surface area contributed by atoms with Gasteiger partial charge < -0.3 is 9.64 Å². The lowest BCUT2D eigenvalue weighted by molar-refractivity contribution is -0.129. The zero-order chi connectivity index (χ0) is 15.4. The fourth-order valence-corrected chi connectivity index (χ4v) is 2.56. The Morgan fingerprint density at radius 2 is 2.00 bits per heavy atom. The molecular formula is C17H20ClNO2. The zero-order valence-electron chi connectivity index (χ0n) is 12.6. The number of rotatable bonds is 5. The molecule has 0 radical (unpaired) electrons. The van der Waals surface area contributed by atoms with E-state index in [-0.39, 0.29) is 5.91 Å². The van der Waals surface area contributed by atoms with Gasteiger partial charge in [-0.05, 0) is 30.7 Å². The first-order valence-electron chi connectivity index (χ1n) is 7.07. The average Bonchev–Trinajstić information content (AvgIpc) is 2.48. The topological polar surface area (TPSA) is 29.5 Å². The number of benzene rings is 2.